The molecule has 2 N–H and O–H groups in total. The van der Waals surface area contributed by atoms with Gasteiger partial charge < -0.3 is 5.73 Å². The smallest absolute Gasteiger partial charge is 0.123 e. The van der Waals surface area contributed by atoms with Crippen LogP contribution in [0.4, 0.5) is 0 Å². The number of nitrogens with zero attached hydrogens (tertiary/aromatic N) is 1. The third-order valence-electron chi connectivity index (χ3n) is 3.06. The van der Waals surface area contributed by atoms with Gasteiger partial charge >= 0.3 is 0 Å². The van der Waals surface area contributed by atoms with Crippen molar-refractivity contribution in [2.45, 2.75) is 27.2 Å². The summed E-state index contributed by atoms with van der Waals surface area (Å²) in [4.78, 5) is 4.71. The highest BCUT2D eigenvalue weighted by molar-refractivity contribution is 7.13. The van der Waals surface area contributed by atoms with Crippen LogP contribution in [-0.2, 0) is 6.42 Å². The van der Waals surface area contributed by atoms with Crippen LogP contribution < -0.4 is 5.73 Å². The van der Waals surface area contributed by atoms with Crippen molar-refractivity contribution in [1.82, 2.24) is 4.98 Å². The lowest BCUT2D eigenvalue weighted by Gasteiger charge is -2.20. The van der Waals surface area contributed by atoms with E-state index in [1.807, 2.05) is 0 Å². The van der Waals surface area contributed by atoms with Gasteiger partial charge in [-0.25, -0.2) is 4.98 Å². The van der Waals surface area contributed by atoms with E-state index in [1.165, 1.54) is 11.1 Å². The molecular weight excluding hydrogens is 240 g/mol. The Labute approximate surface area is 113 Å². The highest BCUT2D eigenvalue weighted by Gasteiger charge is 2.18. The number of aromatic nitrogens is 1. The summed E-state index contributed by atoms with van der Waals surface area (Å²) in [7, 11) is 0. The predicted octanol–water partition coefficient (Wildman–Crippen LogP) is 3.65. The summed E-state index contributed by atoms with van der Waals surface area (Å²) in [6.45, 7) is 7.14. The Morgan fingerprint density at radius 2 is 1.89 bits per heavy atom. The Balaban J connectivity index is 2.18. The average Bonchev–Trinajstić information content (AvgIpc) is 2.78. The fourth-order valence-corrected chi connectivity index (χ4v) is 2.61. The maximum Gasteiger partial charge on any atom is 0.123 e. The van der Waals surface area contributed by atoms with Crippen LogP contribution in [0.2, 0.25) is 0 Å². The molecule has 0 saturated carbocycles. The Hall–Kier alpha value is -1.19. The van der Waals surface area contributed by atoms with Crippen molar-refractivity contribution in [3.63, 3.8) is 0 Å². The van der Waals surface area contributed by atoms with E-state index in [0.29, 0.717) is 6.54 Å². The van der Waals surface area contributed by atoms with Gasteiger partial charge in [-0.3, -0.25) is 0 Å². The molecule has 3 heteroatoms. The molecule has 0 fully saturated rings. The summed E-state index contributed by atoms with van der Waals surface area (Å²) < 4.78 is 0. The molecule has 0 aliphatic carbocycles. The molecule has 1 aromatic heterocycles. The largest absolute Gasteiger partial charge is 0.330 e. The predicted molar refractivity (Wildman–Crippen MR) is 78.8 cm³/mol. The molecule has 0 atom stereocenters. The van der Waals surface area contributed by atoms with E-state index < -0.39 is 0 Å². The van der Waals surface area contributed by atoms with Gasteiger partial charge in [0, 0.05) is 10.9 Å². The first-order valence-electron chi connectivity index (χ1n) is 6.22. The van der Waals surface area contributed by atoms with Crippen LogP contribution in [0.25, 0.3) is 10.6 Å². The fourth-order valence-electron chi connectivity index (χ4n) is 1.78. The summed E-state index contributed by atoms with van der Waals surface area (Å²) in [6, 6.07) is 8.51. The van der Waals surface area contributed by atoms with Crippen molar-refractivity contribution >= 4 is 11.3 Å². The Kier molecular flexibility index (Phi) is 3.83. The summed E-state index contributed by atoms with van der Waals surface area (Å²) in [5, 5.41) is 3.24. The maximum atomic E-state index is 5.76. The molecule has 0 aliphatic heterocycles. The van der Waals surface area contributed by atoms with Crippen LogP contribution in [0, 0.1) is 12.3 Å². The Morgan fingerprint density at radius 1 is 1.22 bits per heavy atom. The third-order valence-corrected chi connectivity index (χ3v) is 4.00. The highest BCUT2D eigenvalue weighted by atomic mass is 32.1. The molecule has 2 aromatic rings. The zero-order valence-corrected chi connectivity index (χ0v) is 12.1. The lowest BCUT2D eigenvalue weighted by atomic mass is 9.88. The summed E-state index contributed by atoms with van der Waals surface area (Å²) >= 11 is 1.71. The summed E-state index contributed by atoms with van der Waals surface area (Å²) in [6.07, 6.45) is 0.936. The number of aryl methyl sites for hydroxylation is 1. The van der Waals surface area contributed by atoms with Gasteiger partial charge in [0.15, 0.2) is 0 Å². The van der Waals surface area contributed by atoms with Gasteiger partial charge in [0.2, 0.25) is 0 Å². The standard InChI is InChI=1S/C15H20N2S/c1-11-4-6-12(7-5-11)14-17-13(9-18-14)8-15(2,3)10-16/h4-7,9H,8,10,16H2,1-3H3. The Bertz CT molecular complexity index is 512. The summed E-state index contributed by atoms with van der Waals surface area (Å²) in [5.74, 6) is 0. The number of hydrogen-bond acceptors (Lipinski definition) is 3. The van der Waals surface area contributed by atoms with E-state index in [2.05, 4.69) is 50.4 Å². The molecule has 0 bridgehead atoms. The van der Waals surface area contributed by atoms with Crippen LogP contribution in [0.5, 0.6) is 0 Å². The second-order valence-electron chi connectivity index (χ2n) is 5.56. The first kappa shape index (κ1) is 13.2. The van der Waals surface area contributed by atoms with Crippen LogP contribution in [0.15, 0.2) is 29.6 Å². The van der Waals surface area contributed by atoms with Crippen molar-refractivity contribution in [3.05, 3.63) is 40.9 Å². The van der Waals surface area contributed by atoms with Gasteiger partial charge in [-0.15, -0.1) is 11.3 Å². The van der Waals surface area contributed by atoms with Crippen LogP contribution in [-0.4, -0.2) is 11.5 Å². The normalized spacial score (nSPS) is 11.8. The third kappa shape index (κ3) is 3.18. The van der Waals surface area contributed by atoms with Gasteiger partial charge in [-0.2, -0.15) is 0 Å². The second kappa shape index (κ2) is 5.21. The van der Waals surface area contributed by atoms with E-state index >= 15 is 0 Å². The van der Waals surface area contributed by atoms with E-state index in [4.69, 9.17) is 10.7 Å². The van der Waals surface area contributed by atoms with Crippen LogP contribution >= 0.6 is 11.3 Å². The molecule has 2 nitrogen and oxygen atoms in total. The molecule has 0 amide bonds. The highest BCUT2D eigenvalue weighted by Crippen LogP contribution is 2.27. The molecule has 96 valence electrons. The van der Waals surface area contributed by atoms with Gasteiger partial charge in [0.05, 0.1) is 5.69 Å². The summed E-state index contributed by atoms with van der Waals surface area (Å²) in [5.41, 5.74) is 9.51. The van der Waals surface area contributed by atoms with Crippen molar-refractivity contribution in [1.29, 1.82) is 0 Å². The molecule has 0 spiro atoms. The second-order valence-corrected chi connectivity index (χ2v) is 6.41. The van der Waals surface area contributed by atoms with E-state index in [-0.39, 0.29) is 5.41 Å². The topological polar surface area (TPSA) is 38.9 Å². The van der Waals surface area contributed by atoms with Crippen molar-refractivity contribution in [3.8, 4) is 10.6 Å². The SMILES string of the molecule is Cc1ccc(-c2nc(CC(C)(C)CN)cs2)cc1. The van der Waals surface area contributed by atoms with Crippen LogP contribution in [0.3, 0.4) is 0 Å². The quantitative estimate of drug-likeness (QED) is 0.911. The van der Waals surface area contributed by atoms with E-state index in [0.717, 1.165) is 17.1 Å². The molecule has 2 rings (SSSR count). The maximum absolute atomic E-state index is 5.76. The minimum absolute atomic E-state index is 0.124. The lowest BCUT2D eigenvalue weighted by Crippen LogP contribution is -2.26. The number of nitrogens with two attached hydrogens (primary N) is 1. The van der Waals surface area contributed by atoms with Gasteiger partial charge in [-0.1, -0.05) is 43.7 Å². The minimum Gasteiger partial charge on any atom is -0.330 e. The fraction of sp³-hybridized carbons (Fsp3) is 0.400. The molecule has 1 heterocycles. The van der Waals surface area contributed by atoms with Crippen molar-refractivity contribution in [2.75, 3.05) is 6.54 Å². The van der Waals surface area contributed by atoms with Gasteiger partial charge in [0.1, 0.15) is 5.01 Å². The molecule has 0 unspecified atom stereocenters. The van der Waals surface area contributed by atoms with Crippen LogP contribution in [0.1, 0.15) is 25.1 Å². The lowest BCUT2D eigenvalue weighted by molar-refractivity contribution is 0.373. The molecule has 0 saturated heterocycles. The minimum atomic E-state index is 0.124. The number of rotatable bonds is 4. The van der Waals surface area contributed by atoms with Gasteiger partial charge in [-0.05, 0) is 25.3 Å². The molecule has 0 radical (unpaired) electrons. The first-order valence-corrected chi connectivity index (χ1v) is 7.10. The average molecular weight is 260 g/mol. The number of thiazole rings is 1. The van der Waals surface area contributed by atoms with Crippen molar-refractivity contribution in [2.24, 2.45) is 11.1 Å². The monoisotopic (exact) mass is 260 g/mol. The molecule has 0 aliphatic rings. The zero-order chi connectivity index (χ0) is 13.2. The molecular formula is C15H20N2S. The van der Waals surface area contributed by atoms with E-state index in [9.17, 15) is 0 Å². The molecule has 1 aromatic carbocycles. The van der Waals surface area contributed by atoms with Crippen molar-refractivity contribution < 1.29 is 0 Å². The van der Waals surface area contributed by atoms with Gasteiger partial charge in [0.25, 0.3) is 0 Å². The number of benzene rings is 1. The zero-order valence-electron chi connectivity index (χ0n) is 11.2. The number of hydrogen-bond donors (Lipinski definition) is 1. The van der Waals surface area contributed by atoms with E-state index in [1.54, 1.807) is 11.3 Å². The molecule has 18 heavy (non-hydrogen) atoms. The Morgan fingerprint density at radius 3 is 2.50 bits per heavy atom. The first-order chi connectivity index (χ1) is 8.50.